The molecule has 0 saturated carbocycles. The maximum atomic E-state index is 12.3. The minimum atomic E-state index is -0.495. The number of thioether (sulfide) groups is 1. The van der Waals surface area contributed by atoms with Crippen LogP contribution in [0.2, 0.25) is 10.0 Å². The molecule has 1 rings (SSSR count). The molecule has 0 saturated heterocycles. The maximum absolute atomic E-state index is 12.3. The Morgan fingerprint density at radius 3 is 2.45 bits per heavy atom. The van der Waals surface area contributed by atoms with Crippen molar-refractivity contribution < 1.29 is 14.3 Å². The molecule has 1 aromatic rings. The first-order valence-corrected chi connectivity index (χ1v) is 7.81. The van der Waals surface area contributed by atoms with Crippen LogP contribution in [0.5, 0.6) is 0 Å². The molecule has 0 fully saturated rings. The van der Waals surface area contributed by atoms with Crippen molar-refractivity contribution >= 4 is 46.5 Å². The second kappa shape index (κ2) is 7.72. The molecule has 0 atom stereocenters. The number of carbonyl (C=O) groups excluding carboxylic acids is 2. The number of ether oxygens (including phenoxy) is 1. The zero-order valence-corrected chi connectivity index (χ0v) is 13.7. The average Bonchev–Trinajstić information content (AvgIpc) is 2.41. The van der Waals surface area contributed by atoms with Crippen molar-refractivity contribution in [2.75, 3.05) is 12.9 Å². The molecule has 0 N–H and O–H groups in total. The molecule has 20 heavy (non-hydrogen) atoms. The standard InChI is InChI=1S/C14H14Cl2O3S/c1-4-19-7-10(8(2)17)14(18)9-5-6-11(20-3)13(16)12(9)15/h5-7H,4H2,1-3H3/b10-7-. The van der Waals surface area contributed by atoms with Crippen molar-refractivity contribution in [3.05, 3.63) is 39.6 Å². The second-order valence-corrected chi connectivity index (χ2v) is 5.42. The van der Waals surface area contributed by atoms with Crippen LogP contribution in [0.4, 0.5) is 0 Å². The van der Waals surface area contributed by atoms with Gasteiger partial charge in [0.15, 0.2) is 5.78 Å². The van der Waals surface area contributed by atoms with E-state index >= 15 is 0 Å². The molecule has 0 radical (unpaired) electrons. The van der Waals surface area contributed by atoms with E-state index in [9.17, 15) is 9.59 Å². The molecule has 0 bridgehead atoms. The number of ketones is 2. The minimum Gasteiger partial charge on any atom is -0.501 e. The molecule has 0 unspecified atom stereocenters. The van der Waals surface area contributed by atoms with Crippen LogP contribution in [0.25, 0.3) is 0 Å². The summed E-state index contributed by atoms with van der Waals surface area (Å²) >= 11 is 13.6. The summed E-state index contributed by atoms with van der Waals surface area (Å²) < 4.78 is 5.03. The fourth-order valence-corrected chi connectivity index (χ4v) is 2.66. The smallest absolute Gasteiger partial charge is 0.201 e. The fourth-order valence-electron chi connectivity index (χ4n) is 1.47. The summed E-state index contributed by atoms with van der Waals surface area (Å²) in [6, 6.07) is 3.26. The van der Waals surface area contributed by atoms with Gasteiger partial charge < -0.3 is 4.74 Å². The SMILES string of the molecule is CCO/C=C(/C(C)=O)C(=O)c1ccc(SC)c(Cl)c1Cl. The van der Waals surface area contributed by atoms with Crippen LogP contribution in [0, 0.1) is 0 Å². The first kappa shape index (κ1) is 17.1. The van der Waals surface area contributed by atoms with E-state index in [-0.39, 0.29) is 21.9 Å². The lowest BCUT2D eigenvalue weighted by Crippen LogP contribution is -2.12. The van der Waals surface area contributed by atoms with Crippen LogP contribution in [-0.2, 0) is 9.53 Å². The van der Waals surface area contributed by atoms with Crippen molar-refractivity contribution in [3.63, 3.8) is 0 Å². The molecule has 0 aliphatic rings. The van der Waals surface area contributed by atoms with Crippen LogP contribution in [-0.4, -0.2) is 24.4 Å². The molecule has 108 valence electrons. The zero-order chi connectivity index (χ0) is 15.3. The Balaban J connectivity index is 3.26. The molecule has 0 spiro atoms. The van der Waals surface area contributed by atoms with E-state index in [1.807, 2.05) is 6.26 Å². The van der Waals surface area contributed by atoms with E-state index in [1.165, 1.54) is 18.7 Å². The lowest BCUT2D eigenvalue weighted by molar-refractivity contribution is -0.113. The van der Waals surface area contributed by atoms with Gasteiger partial charge in [-0.25, -0.2) is 0 Å². The van der Waals surface area contributed by atoms with E-state index in [1.54, 1.807) is 19.1 Å². The summed E-state index contributed by atoms with van der Waals surface area (Å²) in [6.07, 6.45) is 3.02. The highest BCUT2D eigenvalue weighted by Gasteiger charge is 2.22. The van der Waals surface area contributed by atoms with Crippen LogP contribution in [0.15, 0.2) is 28.9 Å². The van der Waals surface area contributed by atoms with Gasteiger partial charge in [0.05, 0.1) is 28.5 Å². The predicted molar refractivity (Wildman–Crippen MR) is 83.0 cm³/mol. The molecule has 0 aromatic heterocycles. The van der Waals surface area contributed by atoms with Gasteiger partial charge in [0.25, 0.3) is 0 Å². The minimum absolute atomic E-state index is 0.0540. The predicted octanol–water partition coefficient (Wildman–Crippen LogP) is 4.41. The number of hydrogen-bond donors (Lipinski definition) is 0. The van der Waals surface area contributed by atoms with Crippen LogP contribution in [0.1, 0.15) is 24.2 Å². The third-order valence-corrected chi connectivity index (χ3v) is 4.28. The number of carbonyl (C=O) groups is 2. The van der Waals surface area contributed by atoms with Crippen molar-refractivity contribution in [2.45, 2.75) is 18.7 Å². The Hall–Kier alpha value is -0.970. The van der Waals surface area contributed by atoms with Gasteiger partial charge >= 0.3 is 0 Å². The van der Waals surface area contributed by atoms with Gasteiger partial charge in [0, 0.05) is 10.5 Å². The number of benzene rings is 1. The third kappa shape index (κ3) is 3.78. The summed E-state index contributed by atoms with van der Waals surface area (Å²) in [5.41, 5.74) is 0.136. The Labute approximate surface area is 132 Å². The molecule has 1 aromatic carbocycles. The normalized spacial score (nSPS) is 11.3. The topological polar surface area (TPSA) is 43.4 Å². The van der Waals surface area contributed by atoms with E-state index < -0.39 is 5.78 Å². The number of Topliss-reactive ketones (excluding diaryl/α,β-unsaturated/α-hetero) is 2. The molecule has 0 aliphatic carbocycles. The van der Waals surface area contributed by atoms with Crippen LogP contribution >= 0.6 is 35.0 Å². The Morgan fingerprint density at radius 2 is 1.95 bits per heavy atom. The van der Waals surface area contributed by atoms with Gasteiger partial charge in [-0.15, -0.1) is 11.8 Å². The fraction of sp³-hybridized carbons (Fsp3) is 0.286. The summed E-state index contributed by atoms with van der Waals surface area (Å²) in [4.78, 5) is 24.7. The van der Waals surface area contributed by atoms with Gasteiger partial charge in [-0.1, -0.05) is 23.2 Å². The molecule has 0 heterocycles. The maximum Gasteiger partial charge on any atom is 0.201 e. The van der Waals surface area contributed by atoms with Crippen molar-refractivity contribution in [1.29, 1.82) is 0 Å². The summed E-state index contributed by atoms with van der Waals surface area (Å²) in [5.74, 6) is -0.880. The molecule has 6 heteroatoms. The van der Waals surface area contributed by atoms with Crippen molar-refractivity contribution in [1.82, 2.24) is 0 Å². The Bertz CT molecular complexity index is 568. The van der Waals surface area contributed by atoms with E-state index in [4.69, 9.17) is 27.9 Å². The van der Waals surface area contributed by atoms with Gasteiger partial charge in [-0.3, -0.25) is 9.59 Å². The Morgan fingerprint density at radius 1 is 1.30 bits per heavy atom. The van der Waals surface area contributed by atoms with Crippen LogP contribution < -0.4 is 0 Å². The molecular weight excluding hydrogens is 319 g/mol. The van der Waals surface area contributed by atoms with Gasteiger partial charge in [-0.2, -0.15) is 0 Å². The highest BCUT2D eigenvalue weighted by Crippen LogP contribution is 2.35. The van der Waals surface area contributed by atoms with Gasteiger partial charge in [-0.05, 0) is 32.2 Å². The summed E-state index contributed by atoms with van der Waals surface area (Å²) in [6.45, 7) is 3.42. The highest BCUT2D eigenvalue weighted by molar-refractivity contribution is 7.98. The van der Waals surface area contributed by atoms with Gasteiger partial charge in [0.1, 0.15) is 0 Å². The van der Waals surface area contributed by atoms with Gasteiger partial charge in [0.2, 0.25) is 5.78 Å². The third-order valence-electron chi connectivity index (χ3n) is 2.50. The number of halogens is 2. The number of allylic oxidation sites excluding steroid dienone is 1. The molecular formula is C14H14Cl2O3S. The average molecular weight is 333 g/mol. The van der Waals surface area contributed by atoms with E-state index in [0.717, 1.165) is 11.2 Å². The first-order valence-electron chi connectivity index (χ1n) is 5.83. The van der Waals surface area contributed by atoms with Crippen LogP contribution in [0.3, 0.4) is 0 Å². The summed E-state index contributed by atoms with van der Waals surface area (Å²) in [7, 11) is 0. The van der Waals surface area contributed by atoms with Crippen molar-refractivity contribution in [2.24, 2.45) is 0 Å². The zero-order valence-electron chi connectivity index (χ0n) is 11.3. The molecule has 0 amide bonds. The number of rotatable bonds is 6. The highest BCUT2D eigenvalue weighted by atomic mass is 35.5. The van der Waals surface area contributed by atoms with Crippen molar-refractivity contribution in [3.8, 4) is 0 Å². The quantitative estimate of drug-likeness (QED) is 0.193. The largest absolute Gasteiger partial charge is 0.501 e. The Kier molecular flexibility index (Phi) is 6.59. The lowest BCUT2D eigenvalue weighted by Gasteiger charge is -2.09. The lowest BCUT2D eigenvalue weighted by atomic mass is 10.0. The molecule has 3 nitrogen and oxygen atoms in total. The monoisotopic (exact) mass is 332 g/mol. The molecule has 0 aliphatic heterocycles. The summed E-state index contributed by atoms with van der Waals surface area (Å²) in [5, 5.41) is 0.455. The van der Waals surface area contributed by atoms with E-state index in [0.29, 0.717) is 11.6 Å². The second-order valence-electron chi connectivity index (χ2n) is 3.82. The van der Waals surface area contributed by atoms with E-state index in [2.05, 4.69) is 0 Å². The number of hydrogen-bond acceptors (Lipinski definition) is 4. The first-order chi connectivity index (χ1) is 9.43.